The Hall–Kier alpha value is 0.397. The quantitative estimate of drug-likeness (QED) is 0.297. The molecule has 0 aliphatic carbocycles. The lowest BCUT2D eigenvalue weighted by molar-refractivity contribution is 0.282. The molecular weight excluding hydrogens is 268 g/mol. The van der Waals surface area contributed by atoms with Crippen LogP contribution in [0.4, 0.5) is 0 Å². The molecule has 0 N–H and O–H groups in total. The molecule has 0 aliphatic heterocycles. The van der Waals surface area contributed by atoms with Crippen LogP contribution < -0.4 is 0 Å². The van der Waals surface area contributed by atoms with E-state index in [0.29, 0.717) is 5.04 Å². The second kappa shape index (κ2) is 6.21. The van der Waals surface area contributed by atoms with Crippen LogP contribution in [0.5, 0.6) is 0 Å². The van der Waals surface area contributed by atoms with Crippen LogP contribution in [0.3, 0.4) is 0 Å². The van der Waals surface area contributed by atoms with E-state index < -0.39 is 8.32 Å². The summed E-state index contributed by atoms with van der Waals surface area (Å²) in [4.78, 5) is 0. The van der Waals surface area contributed by atoms with Gasteiger partial charge >= 0.3 is 0 Å². The lowest BCUT2D eigenvalue weighted by atomic mass is 10.2. The van der Waals surface area contributed by atoms with Crippen molar-refractivity contribution in [1.29, 1.82) is 0 Å². The van der Waals surface area contributed by atoms with Crippen LogP contribution in [-0.4, -0.2) is 20.3 Å². The molecule has 3 heteroatoms. The van der Waals surface area contributed by atoms with Gasteiger partial charge < -0.3 is 4.43 Å². The summed E-state index contributed by atoms with van der Waals surface area (Å²) in [7, 11) is -1.53. The first-order chi connectivity index (χ1) is 6.70. The zero-order valence-electron chi connectivity index (χ0n) is 10.8. The fourth-order valence-electron chi connectivity index (χ4n) is 0.933. The Morgan fingerprint density at radius 1 is 1.33 bits per heavy atom. The van der Waals surface area contributed by atoms with Gasteiger partial charge in [0.2, 0.25) is 0 Å². The second-order valence-electron chi connectivity index (χ2n) is 5.60. The van der Waals surface area contributed by atoms with Crippen molar-refractivity contribution in [1.82, 2.24) is 0 Å². The third kappa shape index (κ3) is 5.88. The van der Waals surface area contributed by atoms with Crippen molar-refractivity contribution in [3.63, 3.8) is 0 Å². The number of hydrogen-bond acceptors (Lipinski definition) is 1. The molecule has 0 unspecified atom stereocenters. The predicted octanol–water partition coefficient (Wildman–Crippen LogP) is 4.74. The van der Waals surface area contributed by atoms with Gasteiger partial charge in [-0.05, 0) is 31.0 Å². The number of allylic oxidation sites excluding steroid dienone is 1. The van der Waals surface area contributed by atoms with Gasteiger partial charge in [-0.15, -0.1) is 0 Å². The first-order valence-corrected chi connectivity index (χ1v) is 9.60. The average Bonchev–Trinajstić information content (AvgIpc) is 2.10. The molecule has 0 aromatic rings. The van der Waals surface area contributed by atoms with Crippen LogP contribution in [0.2, 0.25) is 18.1 Å². The highest BCUT2D eigenvalue weighted by atomic mass is 79.9. The van der Waals surface area contributed by atoms with Crippen LogP contribution in [0, 0.1) is 0 Å². The van der Waals surface area contributed by atoms with E-state index in [1.54, 1.807) is 0 Å². The summed E-state index contributed by atoms with van der Waals surface area (Å²) < 4.78 is 6.07. The first kappa shape index (κ1) is 15.4. The van der Waals surface area contributed by atoms with Gasteiger partial charge in [0.1, 0.15) is 0 Å². The van der Waals surface area contributed by atoms with E-state index in [1.807, 2.05) is 0 Å². The van der Waals surface area contributed by atoms with Gasteiger partial charge in [-0.1, -0.05) is 48.9 Å². The summed E-state index contributed by atoms with van der Waals surface area (Å²) in [5.41, 5.74) is 1.26. The van der Waals surface area contributed by atoms with Crippen LogP contribution in [0.15, 0.2) is 12.2 Å². The van der Waals surface area contributed by atoms with Gasteiger partial charge in [-0.3, -0.25) is 0 Å². The molecule has 0 radical (unpaired) electrons. The lowest BCUT2D eigenvalue weighted by Crippen LogP contribution is -2.40. The minimum absolute atomic E-state index is 0.319. The minimum Gasteiger partial charge on any atom is -0.417 e. The highest BCUT2D eigenvalue weighted by molar-refractivity contribution is 9.09. The van der Waals surface area contributed by atoms with Gasteiger partial charge in [0.05, 0.1) is 0 Å². The molecule has 15 heavy (non-hydrogen) atoms. The molecule has 0 saturated heterocycles. The SMILES string of the molecule is C=C(CBr)CCCO[Si](C)(C)C(C)(C)C. The van der Waals surface area contributed by atoms with E-state index in [-0.39, 0.29) is 0 Å². The molecule has 0 aromatic heterocycles. The molecule has 90 valence electrons. The summed E-state index contributed by atoms with van der Waals surface area (Å²) in [6.45, 7) is 16.3. The molecule has 1 nitrogen and oxygen atoms in total. The van der Waals surface area contributed by atoms with E-state index in [4.69, 9.17) is 4.43 Å². The van der Waals surface area contributed by atoms with Crippen molar-refractivity contribution in [2.24, 2.45) is 0 Å². The molecule has 0 saturated carbocycles. The van der Waals surface area contributed by atoms with E-state index in [9.17, 15) is 0 Å². The molecule has 0 bridgehead atoms. The third-order valence-electron chi connectivity index (χ3n) is 3.13. The third-order valence-corrected chi connectivity index (χ3v) is 8.46. The highest BCUT2D eigenvalue weighted by Crippen LogP contribution is 2.36. The molecule has 0 atom stereocenters. The maximum atomic E-state index is 6.07. The van der Waals surface area contributed by atoms with E-state index in [2.05, 4.69) is 56.4 Å². The van der Waals surface area contributed by atoms with E-state index in [0.717, 1.165) is 24.8 Å². The van der Waals surface area contributed by atoms with Crippen molar-refractivity contribution < 1.29 is 4.43 Å². The molecule has 0 heterocycles. The normalized spacial score (nSPS) is 12.9. The van der Waals surface area contributed by atoms with Crippen LogP contribution in [0.25, 0.3) is 0 Å². The van der Waals surface area contributed by atoms with Crippen LogP contribution >= 0.6 is 15.9 Å². The molecular formula is C12H25BrOSi. The molecule has 0 aliphatic rings. The molecule has 0 rings (SSSR count). The molecule has 0 aromatic carbocycles. The van der Waals surface area contributed by atoms with Crippen LogP contribution in [-0.2, 0) is 4.43 Å². The first-order valence-electron chi connectivity index (χ1n) is 5.57. The minimum atomic E-state index is -1.53. The zero-order chi connectivity index (χ0) is 12.1. The van der Waals surface area contributed by atoms with Gasteiger partial charge in [-0.2, -0.15) is 0 Å². The predicted molar refractivity (Wildman–Crippen MR) is 75.3 cm³/mol. The maximum Gasteiger partial charge on any atom is 0.191 e. The van der Waals surface area contributed by atoms with Crippen molar-refractivity contribution in [2.75, 3.05) is 11.9 Å². The van der Waals surface area contributed by atoms with Crippen molar-refractivity contribution in [2.45, 2.75) is 51.7 Å². The Bertz CT molecular complexity index is 206. The fourth-order valence-corrected chi connectivity index (χ4v) is 2.30. The smallest absolute Gasteiger partial charge is 0.191 e. The molecule has 0 amide bonds. The van der Waals surface area contributed by atoms with Crippen molar-refractivity contribution >= 4 is 24.2 Å². The standard InChI is InChI=1S/C12H25BrOSi/c1-11(10-13)8-7-9-14-15(5,6)12(2,3)4/h1,7-10H2,2-6H3. The number of rotatable bonds is 6. The van der Waals surface area contributed by atoms with Gasteiger partial charge in [0, 0.05) is 11.9 Å². The topological polar surface area (TPSA) is 9.23 Å². The Labute approximate surface area is 105 Å². The van der Waals surface area contributed by atoms with E-state index >= 15 is 0 Å². The largest absolute Gasteiger partial charge is 0.417 e. The summed E-state index contributed by atoms with van der Waals surface area (Å²) in [5, 5.41) is 1.23. The van der Waals surface area contributed by atoms with Gasteiger partial charge in [0.15, 0.2) is 8.32 Å². The summed E-state index contributed by atoms with van der Waals surface area (Å²) >= 11 is 3.41. The Balaban J connectivity index is 3.82. The summed E-state index contributed by atoms with van der Waals surface area (Å²) in [6.07, 6.45) is 2.16. The number of hydrogen-bond donors (Lipinski definition) is 0. The maximum absolute atomic E-state index is 6.07. The average molecular weight is 293 g/mol. The number of halogens is 1. The Morgan fingerprint density at radius 3 is 2.27 bits per heavy atom. The van der Waals surface area contributed by atoms with Crippen molar-refractivity contribution in [3.8, 4) is 0 Å². The Morgan fingerprint density at radius 2 is 1.87 bits per heavy atom. The lowest BCUT2D eigenvalue weighted by Gasteiger charge is -2.36. The molecule has 0 fully saturated rings. The highest BCUT2D eigenvalue weighted by Gasteiger charge is 2.36. The summed E-state index contributed by atoms with van der Waals surface area (Å²) in [6, 6.07) is 0. The van der Waals surface area contributed by atoms with Crippen LogP contribution in [0.1, 0.15) is 33.6 Å². The number of alkyl halides is 1. The van der Waals surface area contributed by atoms with Crippen molar-refractivity contribution in [3.05, 3.63) is 12.2 Å². The second-order valence-corrected chi connectivity index (χ2v) is 11.0. The zero-order valence-corrected chi connectivity index (χ0v) is 13.4. The van der Waals surface area contributed by atoms with Gasteiger partial charge in [0.25, 0.3) is 0 Å². The van der Waals surface area contributed by atoms with Gasteiger partial charge in [-0.25, -0.2) is 0 Å². The molecule has 0 spiro atoms. The van der Waals surface area contributed by atoms with E-state index in [1.165, 1.54) is 5.57 Å². The summed E-state index contributed by atoms with van der Waals surface area (Å²) in [5.74, 6) is 0. The fraction of sp³-hybridized carbons (Fsp3) is 0.833. The monoisotopic (exact) mass is 292 g/mol. The Kier molecular flexibility index (Phi) is 6.38.